The molecule has 0 aliphatic rings. The highest BCUT2D eigenvalue weighted by molar-refractivity contribution is 5.58. The Morgan fingerprint density at radius 1 is 1.26 bits per heavy atom. The third kappa shape index (κ3) is 2.71. The van der Waals surface area contributed by atoms with Gasteiger partial charge in [0, 0.05) is 12.0 Å². The molecule has 3 aromatic rings. The number of nitrogens with zero attached hydrogens (tertiary/aromatic N) is 6. The van der Waals surface area contributed by atoms with Crippen molar-refractivity contribution < 1.29 is 4.42 Å². The molecule has 1 aromatic carbocycles. The van der Waals surface area contributed by atoms with Crippen molar-refractivity contribution >= 4 is 0 Å². The van der Waals surface area contributed by atoms with Crippen LogP contribution in [0.5, 0.6) is 0 Å². The van der Waals surface area contributed by atoms with Gasteiger partial charge in [-0.15, -0.1) is 20.4 Å². The molecule has 1 atom stereocenters. The minimum absolute atomic E-state index is 0.196. The van der Waals surface area contributed by atoms with Gasteiger partial charge in [-0.1, -0.05) is 19.1 Å². The number of aromatic nitrogens is 5. The van der Waals surface area contributed by atoms with Crippen LogP contribution in [0.25, 0.3) is 11.4 Å². The Bertz CT molecular complexity index is 873. The monoisotopic (exact) mass is 308 g/mol. The second-order valence-electron chi connectivity index (χ2n) is 5.20. The van der Waals surface area contributed by atoms with Gasteiger partial charge in [-0.2, -0.15) is 5.26 Å². The lowest BCUT2D eigenvalue weighted by Gasteiger charge is -2.13. The molecule has 116 valence electrons. The maximum atomic E-state index is 9.07. The average Bonchev–Trinajstić information content (AvgIpc) is 3.21. The van der Waals surface area contributed by atoms with Crippen molar-refractivity contribution in [1.82, 2.24) is 25.0 Å². The molecule has 0 amide bonds. The van der Waals surface area contributed by atoms with Crippen molar-refractivity contribution in [2.24, 2.45) is 0 Å². The summed E-state index contributed by atoms with van der Waals surface area (Å²) in [5.41, 5.74) is 1.40. The lowest BCUT2D eigenvalue weighted by molar-refractivity contribution is 0.403. The first kappa shape index (κ1) is 14.9. The molecule has 7 heteroatoms. The van der Waals surface area contributed by atoms with Crippen molar-refractivity contribution in [1.29, 1.82) is 5.26 Å². The molecule has 0 N–H and O–H groups in total. The summed E-state index contributed by atoms with van der Waals surface area (Å²) in [7, 11) is 0. The zero-order valence-electron chi connectivity index (χ0n) is 13.2. The summed E-state index contributed by atoms with van der Waals surface area (Å²) >= 11 is 0. The maximum Gasteiger partial charge on any atom is 0.239 e. The second kappa shape index (κ2) is 6.01. The molecule has 0 saturated heterocycles. The first-order valence-corrected chi connectivity index (χ1v) is 7.38. The molecule has 0 spiro atoms. The topological polar surface area (TPSA) is 93.4 Å². The molecule has 2 heterocycles. The Balaban J connectivity index is 2.06. The standard InChI is InChI=1S/C16H16N6O/c1-4-14-19-21-16(23-14)10(2)22-11(3)18-20-15(22)13-7-5-6-12(8-13)9-17/h5-8,10H,4H2,1-3H3/t10-/m0/s1. The summed E-state index contributed by atoms with van der Waals surface area (Å²) < 4.78 is 7.59. The van der Waals surface area contributed by atoms with Crippen LogP contribution in [0.4, 0.5) is 0 Å². The highest BCUT2D eigenvalue weighted by Crippen LogP contribution is 2.26. The van der Waals surface area contributed by atoms with Crippen LogP contribution in [0.1, 0.15) is 43.1 Å². The lowest BCUT2D eigenvalue weighted by atomic mass is 10.1. The number of benzene rings is 1. The third-order valence-electron chi connectivity index (χ3n) is 3.65. The van der Waals surface area contributed by atoms with Gasteiger partial charge < -0.3 is 4.42 Å². The molecule has 0 aliphatic carbocycles. The van der Waals surface area contributed by atoms with Crippen LogP contribution < -0.4 is 0 Å². The van der Waals surface area contributed by atoms with Gasteiger partial charge >= 0.3 is 0 Å². The number of hydrogen-bond donors (Lipinski definition) is 0. The van der Waals surface area contributed by atoms with Gasteiger partial charge in [-0.3, -0.25) is 4.57 Å². The highest BCUT2D eigenvalue weighted by atomic mass is 16.4. The fourth-order valence-corrected chi connectivity index (χ4v) is 2.45. The van der Waals surface area contributed by atoms with E-state index in [1.807, 2.05) is 37.5 Å². The zero-order chi connectivity index (χ0) is 16.4. The van der Waals surface area contributed by atoms with E-state index in [2.05, 4.69) is 26.5 Å². The predicted octanol–water partition coefficient (Wildman–Crippen LogP) is 2.68. The Hall–Kier alpha value is -3.01. The second-order valence-corrected chi connectivity index (χ2v) is 5.20. The Morgan fingerprint density at radius 3 is 2.78 bits per heavy atom. The molecule has 0 saturated carbocycles. The molecule has 0 radical (unpaired) electrons. The summed E-state index contributed by atoms with van der Waals surface area (Å²) in [4.78, 5) is 0. The number of rotatable bonds is 4. The zero-order valence-corrected chi connectivity index (χ0v) is 13.2. The van der Waals surface area contributed by atoms with Crippen LogP contribution >= 0.6 is 0 Å². The van der Waals surface area contributed by atoms with E-state index in [0.29, 0.717) is 29.6 Å². The molecule has 7 nitrogen and oxygen atoms in total. The summed E-state index contributed by atoms with van der Waals surface area (Å²) in [6, 6.07) is 9.22. The molecule has 23 heavy (non-hydrogen) atoms. The third-order valence-corrected chi connectivity index (χ3v) is 3.65. The molecule has 0 bridgehead atoms. The minimum Gasteiger partial charge on any atom is -0.423 e. The van der Waals surface area contributed by atoms with E-state index >= 15 is 0 Å². The van der Waals surface area contributed by atoms with Gasteiger partial charge in [0.15, 0.2) is 5.82 Å². The van der Waals surface area contributed by atoms with E-state index in [-0.39, 0.29) is 6.04 Å². The molecule has 0 fully saturated rings. The van der Waals surface area contributed by atoms with Crippen molar-refractivity contribution in [3.63, 3.8) is 0 Å². The average molecular weight is 308 g/mol. The minimum atomic E-state index is -0.196. The quantitative estimate of drug-likeness (QED) is 0.735. The molecule has 3 rings (SSSR count). The van der Waals surface area contributed by atoms with Gasteiger partial charge in [-0.05, 0) is 26.0 Å². The lowest BCUT2D eigenvalue weighted by Crippen LogP contribution is -2.11. The van der Waals surface area contributed by atoms with Crippen molar-refractivity contribution in [2.75, 3.05) is 0 Å². The molecule has 0 aliphatic heterocycles. The highest BCUT2D eigenvalue weighted by Gasteiger charge is 2.22. The van der Waals surface area contributed by atoms with Gasteiger partial charge in [-0.25, -0.2) is 0 Å². The molecule has 0 unspecified atom stereocenters. The number of hydrogen-bond acceptors (Lipinski definition) is 6. The Kier molecular flexibility index (Phi) is 3.89. The fraction of sp³-hybridized carbons (Fsp3) is 0.312. The van der Waals surface area contributed by atoms with Gasteiger partial charge in [0.05, 0.1) is 11.6 Å². The fourth-order valence-electron chi connectivity index (χ4n) is 2.45. The van der Waals surface area contributed by atoms with Crippen LogP contribution in [-0.4, -0.2) is 25.0 Å². The van der Waals surface area contributed by atoms with E-state index in [4.69, 9.17) is 9.68 Å². The number of aryl methyl sites for hydroxylation is 2. The van der Waals surface area contributed by atoms with Gasteiger partial charge in [0.2, 0.25) is 11.8 Å². The van der Waals surface area contributed by atoms with E-state index in [0.717, 1.165) is 11.4 Å². The maximum absolute atomic E-state index is 9.07. The smallest absolute Gasteiger partial charge is 0.239 e. The Morgan fingerprint density at radius 2 is 2.09 bits per heavy atom. The Labute approximate surface area is 133 Å². The van der Waals surface area contributed by atoms with Gasteiger partial charge in [0.25, 0.3) is 0 Å². The van der Waals surface area contributed by atoms with Crippen LogP contribution in [0, 0.1) is 18.3 Å². The van der Waals surface area contributed by atoms with Crippen LogP contribution in [-0.2, 0) is 6.42 Å². The van der Waals surface area contributed by atoms with Gasteiger partial charge in [0.1, 0.15) is 11.9 Å². The van der Waals surface area contributed by atoms with Crippen LogP contribution in [0.3, 0.4) is 0 Å². The van der Waals surface area contributed by atoms with E-state index in [1.54, 1.807) is 12.1 Å². The summed E-state index contributed by atoms with van der Waals surface area (Å²) in [5.74, 6) is 2.53. The number of nitriles is 1. The van der Waals surface area contributed by atoms with Crippen molar-refractivity contribution in [3.05, 3.63) is 47.4 Å². The van der Waals surface area contributed by atoms with E-state index in [9.17, 15) is 0 Å². The first-order chi connectivity index (χ1) is 11.1. The van der Waals surface area contributed by atoms with Crippen LogP contribution in [0.15, 0.2) is 28.7 Å². The molecule has 2 aromatic heterocycles. The summed E-state index contributed by atoms with van der Waals surface area (Å²) in [6.07, 6.45) is 0.692. The predicted molar refractivity (Wildman–Crippen MR) is 82.4 cm³/mol. The first-order valence-electron chi connectivity index (χ1n) is 7.38. The van der Waals surface area contributed by atoms with Crippen molar-refractivity contribution in [2.45, 2.75) is 33.2 Å². The molecular weight excluding hydrogens is 292 g/mol. The largest absolute Gasteiger partial charge is 0.423 e. The normalized spacial score (nSPS) is 12.1. The van der Waals surface area contributed by atoms with E-state index < -0.39 is 0 Å². The summed E-state index contributed by atoms with van der Waals surface area (Å²) in [5, 5.41) is 25.6. The SMILES string of the molecule is CCc1nnc([C@H](C)n2c(C)nnc2-c2cccc(C#N)c2)o1. The molecular formula is C16H16N6O. The van der Waals surface area contributed by atoms with E-state index in [1.165, 1.54) is 0 Å². The summed E-state index contributed by atoms with van der Waals surface area (Å²) in [6.45, 7) is 5.80. The van der Waals surface area contributed by atoms with Crippen LogP contribution in [0.2, 0.25) is 0 Å². The van der Waals surface area contributed by atoms with Crippen molar-refractivity contribution in [3.8, 4) is 17.5 Å².